The zero-order chi connectivity index (χ0) is 13.3. The van der Waals surface area contributed by atoms with E-state index in [-0.39, 0.29) is 5.69 Å². The van der Waals surface area contributed by atoms with Crippen molar-refractivity contribution >= 4 is 21.9 Å². The summed E-state index contributed by atoms with van der Waals surface area (Å²) in [6.45, 7) is 4.22. The van der Waals surface area contributed by atoms with Crippen LogP contribution in [0.5, 0.6) is 0 Å². The molecular formula is C13H12BrNO3. The van der Waals surface area contributed by atoms with Gasteiger partial charge in [-0.3, -0.25) is 0 Å². The summed E-state index contributed by atoms with van der Waals surface area (Å²) in [4.78, 5) is 10.7. The molecule has 0 unspecified atom stereocenters. The molecule has 0 saturated heterocycles. The number of halogens is 1. The molecule has 4 nitrogen and oxygen atoms in total. The van der Waals surface area contributed by atoms with Crippen LogP contribution >= 0.6 is 15.9 Å². The fourth-order valence-corrected chi connectivity index (χ4v) is 2.50. The molecular weight excluding hydrogens is 298 g/mol. The van der Waals surface area contributed by atoms with Crippen LogP contribution in [0.2, 0.25) is 0 Å². The molecule has 0 radical (unpaired) electrons. The van der Waals surface area contributed by atoms with Gasteiger partial charge >= 0.3 is 5.97 Å². The first-order valence-corrected chi connectivity index (χ1v) is 6.28. The van der Waals surface area contributed by atoms with Crippen molar-refractivity contribution in [2.24, 2.45) is 0 Å². The molecule has 0 spiro atoms. The lowest BCUT2D eigenvalue weighted by Gasteiger charge is -2.08. The fraction of sp³-hybridized carbons (Fsp3) is 0.231. The summed E-state index contributed by atoms with van der Waals surface area (Å²) in [5.74, 6) is -0.232. The van der Waals surface area contributed by atoms with E-state index >= 15 is 0 Å². The molecule has 0 aliphatic heterocycles. The topological polar surface area (TPSA) is 63.3 Å². The van der Waals surface area contributed by atoms with Gasteiger partial charge in [0.2, 0.25) is 0 Å². The monoisotopic (exact) mass is 309 g/mol. The van der Waals surface area contributed by atoms with Crippen molar-refractivity contribution in [3.63, 3.8) is 0 Å². The predicted octanol–water partition coefficient (Wildman–Crippen LogP) is 3.93. The van der Waals surface area contributed by atoms with Gasteiger partial charge in [0.05, 0.1) is 0 Å². The number of benzene rings is 1. The molecule has 0 aliphatic rings. The zero-order valence-electron chi connectivity index (χ0n) is 9.98. The number of aromatic carboxylic acids is 1. The van der Waals surface area contributed by atoms with E-state index in [1.807, 2.05) is 18.2 Å². The highest BCUT2D eigenvalue weighted by Gasteiger charge is 2.13. The number of aromatic nitrogens is 1. The average Bonchev–Trinajstić information content (AvgIpc) is 2.77. The lowest BCUT2D eigenvalue weighted by atomic mass is 10.0. The van der Waals surface area contributed by atoms with Crippen molar-refractivity contribution in [3.05, 3.63) is 40.0 Å². The molecule has 1 aromatic carbocycles. The first-order chi connectivity index (χ1) is 8.49. The first-order valence-electron chi connectivity index (χ1n) is 5.49. The summed E-state index contributed by atoms with van der Waals surface area (Å²) < 4.78 is 5.99. The molecule has 1 aromatic heterocycles. The Labute approximate surface area is 113 Å². The molecule has 2 aromatic rings. The molecule has 94 valence electrons. The number of carboxylic acid groups (broad SMARTS) is 1. The highest BCUT2D eigenvalue weighted by atomic mass is 79.9. The van der Waals surface area contributed by atoms with Crippen LogP contribution in [-0.4, -0.2) is 16.2 Å². The number of hydrogen-bond acceptors (Lipinski definition) is 3. The van der Waals surface area contributed by atoms with Gasteiger partial charge in [0, 0.05) is 16.1 Å². The SMILES string of the molecule is CC(C)c1ccc(-c2cc(C(=O)O)no2)cc1Br. The molecule has 1 heterocycles. The third kappa shape index (κ3) is 2.46. The van der Waals surface area contributed by atoms with Gasteiger partial charge in [-0.05, 0) is 17.5 Å². The molecule has 0 bridgehead atoms. The van der Waals surface area contributed by atoms with Gasteiger partial charge in [-0.15, -0.1) is 0 Å². The third-order valence-electron chi connectivity index (χ3n) is 2.64. The summed E-state index contributed by atoms with van der Waals surface area (Å²) in [5.41, 5.74) is 1.90. The van der Waals surface area contributed by atoms with Gasteiger partial charge in [0.1, 0.15) is 0 Å². The summed E-state index contributed by atoms with van der Waals surface area (Å²) in [6.07, 6.45) is 0. The molecule has 1 N–H and O–H groups in total. The van der Waals surface area contributed by atoms with Crippen LogP contribution in [-0.2, 0) is 0 Å². The van der Waals surface area contributed by atoms with Crippen molar-refractivity contribution in [2.75, 3.05) is 0 Å². The van der Waals surface area contributed by atoms with Crippen molar-refractivity contribution < 1.29 is 14.4 Å². The molecule has 0 saturated carbocycles. The van der Waals surface area contributed by atoms with E-state index in [9.17, 15) is 4.79 Å². The normalized spacial score (nSPS) is 10.9. The van der Waals surface area contributed by atoms with Crippen LogP contribution in [0.1, 0.15) is 35.8 Å². The van der Waals surface area contributed by atoms with Crippen LogP contribution in [0.3, 0.4) is 0 Å². The lowest BCUT2D eigenvalue weighted by Crippen LogP contribution is -1.94. The van der Waals surface area contributed by atoms with Gasteiger partial charge in [0.25, 0.3) is 0 Å². The number of carbonyl (C=O) groups is 1. The van der Waals surface area contributed by atoms with Crippen molar-refractivity contribution in [1.29, 1.82) is 0 Å². The van der Waals surface area contributed by atoms with Crippen LogP contribution in [0, 0.1) is 0 Å². The zero-order valence-corrected chi connectivity index (χ0v) is 11.6. The Balaban J connectivity index is 2.39. The van der Waals surface area contributed by atoms with Gasteiger partial charge in [-0.25, -0.2) is 4.79 Å². The third-order valence-corrected chi connectivity index (χ3v) is 3.32. The van der Waals surface area contributed by atoms with E-state index in [4.69, 9.17) is 9.63 Å². The summed E-state index contributed by atoms with van der Waals surface area (Å²) in [7, 11) is 0. The highest BCUT2D eigenvalue weighted by molar-refractivity contribution is 9.10. The molecule has 0 aliphatic carbocycles. The smallest absolute Gasteiger partial charge is 0.358 e. The van der Waals surface area contributed by atoms with Crippen LogP contribution in [0.4, 0.5) is 0 Å². The second-order valence-electron chi connectivity index (χ2n) is 4.27. The first kappa shape index (κ1) is 12.8. The number of hydrogen-bond donors (Lipinski definition) is 1. The summed E-state index contributed by atoms with van der Waals surface area (Å²) >= 11 is 3.50. The molecule has 0 atom stereocenters. The second-order valence-corrected chi connectivity index (χ2v) is 5.13. The maximum atomic E-state index is 10.7. The Morgan fingerprint density at radius 1 is 1.39 bits per heavy atom. The van der Waals surface area contributed by atoms with E-state index < -0.39 is 5.97 Å². The minimum atomic E-state index is -1.09. The Bertz CT molecular complexity index is 590. The van der Waals surface area contributed by atoms with Crippen molar-refractivity contribution in [3.8, 4) is 11.3 Å². The van der Waals surface area contributed by atoms with Crippen LogP contribution in [0.15, 0.2) is 33.3 Å². The number of rotatable bonds is 3. The number of carboxylic acids is 1. The molecule has 5 heteroatoms. The highest BCUT2D eigenvalue weighted by Crippen LogP contribution is 2.30. The van der Waals surface area contributed by atoms with E-state index in [1.165, 1.54) is 11.6 Å². The Kier molecular flexibility index (Phi) is 3.52. The van der Waals surface area contributed by atoms with Crippen LogP contribution < -0.4 is 0 Å². The number of nitrogens with zero attached hydrogens (tertiary/aromatic N) is 1. The standard InChI is InChI=1S/C13H12BrNO3/c1-7(2)9-4-3-8(5-10(9)14)12-6-11(13(16)17)15-18-12/h3-7H,1-2H3,(H,16,17). The van der Waals surface area contributed by atoms with Gasteiger partial charge in [-0.2, -0.15) is 0 Å². The van der Waals surface area contributed by atoms with Gasteiger partial charge in [-0.1, -0.05) is 47.1 Å². The molecule has 0 amide bonds. The van der Waals surface area contributed by atoms with Gasteiger partial charge in [0.15, 0.2) is 11.5 Å². The maximum Gasteiger partial charge on any atom is 0.358 e. The molecule has 18 heavy (non-hydrogen) atoms. The summed E-state index contributed by atoms with van der Waals surface area (Å²) in [6, 6.07) is 7.21. The van der Waals surface area contributed by atoms with Gasteiger partial charge < -0.3 is 9.63 Å². The van der Waals surface area contributed by atoms with Crippen LogP contribution in [0.25, 0.3) is 11.3 Å². The Morgan fingerprint density at radius 2 is 2.11 bits per heavy atom. The second kappa shape index (κ2) is 4.94. The van der Waals surface area contributed by atoms with Crippen molar-refractivity contribution in [1.82, 2.24) is 5.16 Å². The minimum Gasteiger partial charge on any atom is -0.476 e. The Morgan fingerprint density at radius 3 is 2.61 bits per heavy atom. The Hall–Kier alpha value is -1.62. The molecule has 2 rings (SSSR count). The maximum absolute atomic E-state index is 10.7. The molecule has 0 fully saturated rings. The predicted molar refractivity (Wildman–Crippen MR) is 70.7 cm³/mol. The summed E-state index contributed by atoms with van der Waals surface area (Å²) in [5, 5.41) is 12.3. The van der Waals surface area contributed by atoms with E-state index in [1.54, 1.807) is 0 Å². The van der Waals surface area contributed by atoms with E-state index in [0.717, 1.165) is 10.0 Å². The fourth-order valence-electron chi connectivity index (χ4n) is 1.66. The average molecular weight is 310 g/mol. The minimum absolute atomic E-state index is 0.0888. The van der Waals surface area contributed by atoms with Crippen molar-refractivity contribution in [2.45, 2.75) is 19.8 Å². The largest absolute Gasteiger partial charge is 0.476 e. The van der Waals surface area contributed by atoms with E-state index in [2.05, 4.69) is 34.9 Å². The van der Waals surface area contributed by atoms with E-state index in [0.29, 0.717) is 11.7 Å². The quantitative estimate of drug-likeness (QED) is 0.933. The lowest BCUT2D eigenvalue weighted by molar-refractivity contribution is 0.0686.